The molecular formula is C28H28N8O2. The molecule has 0 radical (unpaired) electrons. The maximum atomic E-state index is 14.0. The lowest BCUT2D eigenvalue weighted by Gasteiger charge is -2.31. The quantitative estimate of drug-likeness (QED) is 0.291. The van der Waals surface area contributed by atoms with Crippen LogP contribution >= 0.6 is 0 Å². The van der Waals surface area contributed by atoms with Gasteiger partial charge in [-0.2, -0.15) is 4.98 Å². The highest BCUT2D eigenvalue weighted by Gasteiger charge is 2.26. The molecule has 5 heterocycles. The van der Waals surface area contributed by atoms with Gasteiger partial charge in [0.1, 0.15) is 0 Å². The van der Waals surface area contributed by atoms with Gasteiger partial charge in [-0.3, -0.25) is 18.5 Å². The Morgan fingerprint density at radius 2 is 1.84 bits per heavy atom. The van der Waals surface area contributed by atoms with Crippen LogP contribution in [-0.4, -0.2) is 47.8 Å². The molecule has 0 aliphatic carbocycles. The fourth-order valence-corrected chi connectivity index (χ4v) is 5.36. The van der Waals surface area contributed by atoms with E-state index >= 15 is 0 Å². The van der Waals surface area contributed by atoms with Crippen molar-refractivity contribution in [2.24, 2.45) is 12.8 Å². The zero-order valence-electron chi connectivity index (χ0n) is 21.4. The second-order valence-electron chi connectivity index (χ2n) is 9.66. The Morgan fingerprint density at radius 1 is 1.05 bits per heavy atom. The number of aromatic nitrogens is 6. The topological polar surface area (TPSA) is 117 Å². The third-order valence-corrected chi connectivity index (χ3v) is 7.23. The molecule has 1 fully saturated rings. The molecule has 1 aromatic carbocycles. The molecule has 0 amide bonds. The molecule has 0 saturated carbocycles. The van der Waals surface area contributed by atoms with E-state index < -0.39 is 11.2 Å². The van der Waals surface area contributed by atoms with E-state index in [0.717, 1.165) is 35.5 Å². The summed E-state index contributed by atoms with van der Waals surface area (Å²) in [7, 11) is 1.64. The highest BCUT2D eigenvalue weighted by atomic mass is 16.2. The van der Waals surface area contributed by atoms with Crippen molar-refractivity contribution in [2.45, 2.75) is 38.9 Å². The van der Waals surface area contributed by atoms with Gasteiger partial charge in [0.05, 0.1) is 18.8 Å². The van der Waals surface area contributed by atoms with Gasteiger partial charge in [0, 0.05) is 43.1 Å². The minimum Gasteiger partial charge on any atom is -0.341 e. The van der Waals surface area contributed by atoms with Crippen molar-refractivity contribution in [2.75, 3.05) is 18.0 Å². The maximum Gasteiger partial charge on any atom is 0.332 e. The molecule has 1 unspecified atom stereocenters. The number of hydrogen-bond acceptors (Lipinski definition) is 7. The largest absolute Gasteiger partial charge is 0.341 e. The maximum absolute atomic E-state index is 14.0. The van der Waals surface area contributed by atoms with Gasteiger partial charge in [0.15, 0.2) is 16.8 Å². The lowest BCUT2D eigenvalue weighted by atomic mass is 10.1. The van der Waals surface area contributed by atoms with Crippen LogP contribution in [-0.2, 0) is 20.1 Å². The van der Waals surface area contributed by atoms with Crippen LogP contribution < -0.4 is 21.9 Å². The fraction of sp³-hybridized carbons (Fsp3) is 0.321. The van der Waals surface area contributed by atoms with Crippen molar-refractivity contribution in [1.29, 1.82) is 0 Å². The van der Waals surface area contributed by atoms with E-state index in [1.165, 1.54) is 9.13 Å². The van der Waals surface area contributed by atoms with E-state index in [2.05, 4.69) is 21.7 Å². The number of pyridine rings is 2. The molecule has 1 saturated heterocycles. The first kappa shape index (κ1) is 23.9. The number of piperidine rings is 1. The van der Waals surface area contributed by atoms with Crippen LogP contribution in [0.2, 0.25) is 0 Å². The Balaban J connectivity index is 1.58. The van der Waals surface area contributed by atoms with Crippen LogP contribution in [0.25, 0.3) is 33.0 Å². The smallest absolute Gasteiger partial charge is 0.332 e. The Labute approximate surface area is 218 Å². The Morgan fingerprint density at radius 3 is 2.63 bits per heavy atom. The van der Waals surface area contributed by atoms with Crippen molar-refractivity contribution in [3.8, 4) is 11.8 Å². The van der Waals surface area contributed by atoms with E-state index in [9.17, 15) is 9.59 Å². The van der Waals surface area contributed by atoms with Crippen LogP contribution in [0.3, 0.4) is 0 Å². The van der Waals surface area contributed by atoms with Gasteiger partial charge in [0.2, 0.25) is 5.95 Å². The average Bonchev–Trinajstić information content (AvgIpc) is 3.33. The molecule has 192 valence electrons. The monoisotopic (exact) mass is 508 g/mol. The first-order chi connectivity index (χ1) is 18.5. The molecule has 6 rings (SSSR count). The Bertz CT molecular complexity index is 1890. The minimum atomic E-state index is -0.456. The number of nitrogens with zero attached hydrogens (tertiary/aromatic N) is 7. The number of benzene rings is 1. The number of aryl methyl sites for hydroxylation is 1. The van der Waals surface area contributed by atoms with Crippen molar-refractivity contribution in [3.63, 3.8) is 0 Å². The molecule has 2 N–H and O–H groups in total. The van der Waals surface area contributed by atoms with Gasteiger partial charge in [-0.1, -0.05) is 30.2 Å². The van der Waals surface area contributed by atoms with Crippen LogP contribution in [0.4, 0.5) is 5.95 Å². The molecule has 10 nitrogen and oxygen atoms in total. The summed E-state index contributed by atoms with van der Waals surface area (Å²) < 4.78 is 4.48. The summed E-state index contributed by atoms with van der Waals surface area (Å²) in [6.45, 7) is 3.45. The van der Waals surface area contributed by atoms with Crippen LogP contribution in [0.1, 0.15) is 25.5 Å². The molecule has 0 bridgehead atoms. The average molecular weight is 509 g/mol. The second kappa shape index (κ2) is 9.43. The summed E-state index contributed by atoms with van der Waals surface area (Å²) in [6, 6.07) is 11.7. The number of nitrogens with two attached hydrogens (primary N) is 1. The van der Waals surface area contributed by atoms with Crippen LogP contribution in [0.5, 0.6) is 0 Å². The molecule has 10 heteroatoms. The number of rotatable bonds is 4. The van der Waals surface area contributed by atoms with Crippen LogP contribution in [0, 0.1) is 11.8 Å². The van der Waals surface area contributed by atoms with E-state index in [-0.39, 0.29) is 19.1 Å². The molecule has 5 aromatic rings. The lowest BCUT2D eigenvalue weighted by molar-refractivity contribution is 0.496. The summed E-state index contributed by atoms with van der Waals surface area (Å²) in [5.74, 6) is 6.59. The molecular weight excluding hydrogens is 480 g/mol. The van der Waals surface area contributed by atoms with Gasteiger partial charge in [-0.25, -0.2) is 14.8 Å². The van der Waals surface area contributed by atoms with Crippen molar-refractivity contribution < 1.29 is 0 Å². The third-order valence-electron chi connectivity index (χ3n) is 7.23. The Hall–Kier alpha value is -4.49. The predicted octanol–water partition coefficient (Wildman–Crippen LogP) is 1.99. The van der Waals surface area contributed by atoms with Crippen molar-refractivity contribution >= 4 is 38.9 Å². The van der Waals surface area contributed by atoms with E-state index in [1.807, 2.05) is 41.0 Å². The highest BCUT2D eigenvalue weighted by Crippen LogP contribution is 2.26. The molecule has 1 aliphatic rings. The number of imidazole rings is 1. The minimum absolute atomic E-state index is 0.00301. The predicted molar refractivity (Wildman–Crippen MR) is 148 cm³/mol. The number of anilines is 1. The van der Waals surface area contributed by atoms with Gasteiger partial charge < -0.3 is 10.6 Å². The zero-order valence-corrected chi connectivity index (χ0v) is 21.4. The third kappa shape index (κ3) is 3.83. The van der Waals surface area contributed by atoms with Gasteiger partial charge in [-0.05, 0) is 37.3 Å². The first-order valence-corrected chi connectivity index (χ1v) is 12.7. The summed E-state index contributed by atoms with van der Waals surface area (Å²) in [6.07, 6.45) is 3.56. The normalized spacial score (nSPS) is 15.8. The van der Waals surface area contributed by atoms with Crippen LogP contribution in [0.15, 0.2) is 52.2 Å². The number of hydrogen-bond donors (Lipinski definition) is 1. The van der Waals surface area contributed by atoms with Crippen molar-refractivity contribution in [1.82, 2.24) is 28.7 Å². The van der Waals surface area contributed by atoms with E-state index in [4.69, 9.17) is 15.7 Å². The summed E-state index contributed by atoms with van der Waals surface area (Å²) in [4.78, 5) is 43.6. The fourth-order valence-electron chi connectivity index (χ4n) is 5.36. The summed E-state index contributed by atoms with van der Waals surface area (Å²) in [5.41, 5.74) is 7.21. The van der Waals surface area contributed by atoms with E-state index in [1.54, 1.807) is 20.2 Å². The Kier molecular flexibility index (Phi) is 5.93. The number of fused-ring (bicyclic) bond motifs is 4. The van der Waals surface area contributed by atoms with E-state index in [0.29, 0.717) is 35.0 Å². The SMILES string of the molecule is CC#CCn1c(N2CCCC(N)C2)nc2c1c(=O)n(Cc1nc3ncccc3c3ccccc13)c(=O)n2C. The van der Waals surface area contributed by atoms with Gasteiger partial charge in [0.25, 0.3) is 5.56 Å². The highest BCUT2D eigenvalue weighted by molar-refractivity contribution is 6.05. The molecule has 1 aliphatic heterocycles. The van der Waals surface area contributed by atoms with Gasteiger partial charge >= 0.3 is 5.69 Å². The first-order valence-electron chi connectivity index (χ1n) is 12.7. The standard InChI is InChI=1S/C28H28N8O2/c1-3-4-15-35-23-25(32-27(35)34-14-8-9-18(29)16-34)33(2)28(38)36(26(23)37)17-22-20-11-6-5-10-19(20)21-12-7-13-30-24(21)31-22/h5-7,10-13,18H,8-9,14-17,29H2,1-2H3. The summed E-state index contributed by atoms with van der Waals surface area (Å²) >= 11 is 0. The molecule has 4 aromatic heterocycles. The molecule has 1 atom stereocenters. The lowest BCUT2D eigenvalue weighted by Crippen LogP contribution is -2.44. The van der Waals surface area contributed by atoms with Gasteiger partial charge in [-0.15, -0.1) is 5.92 Å². The van der Waals surface area contributed by atoms with Crippen molar-refractivity contribution in [3.05, 3.63) is 69.1 Å². The summed E-state index contributed by atoms with van der Waals surface area (Å²) in [5, 5.41) is 2.76. The zero-order chi connectivity index (χ0) is 26.4. The molecule has 0 spiro atoms. The molecule has 38 heavy (non-hydrogen) atoms. The second-order valence-corrected chi connectivity index (χ2v) is 9.66.